The molecule has 1 aliphatic carbocycles. The molecule has 0 spiro atoms. The Bertz CT molecular complexity index is 1140. The summed E-state index contributed by atoms with van der Waals surface area (Å²) in [5.74, 6) is -9.28. The first kappa shape index (κ1) is 22.2. The topological polar surface area (TPSA) is 9.23 Å². The van der Waals surface area contributed by atoms with Crippen molar-refractivity contribution in [3.63, 3.8) is 0 Å². The Labute approximate surface area is 179 Å². The lowest BCUT2D eigenvalue weighted by Crippen LogP contribution is -2.25. The van der Waals surface area contributed by atoms with Crippen LogP contribution in [0, 0.1) is 35.0 Å². The van der Waals surface area contributed by atoms with Gasteiger partial charge in [0, 0.05) is 12.1 Å². The van der Waals surface area contributed by atoms with Crippen LogP contribution in [-0.2, 0) is 19.0 Å². The number of hydrogen-bond acceptors (Lipinski definition) is 1. The zero-order valence-corrected chi connectivity index (χ0v) is 16.8. The molecule has 3 aromatic rings. The van der Waals surface area contributed by atoms with Crippen LogP contribution in [0.2, 0.25) is 0 Å². The molecule has 3 aromatic carbocycles. The first-order valence-corrected chi connectivity index (χ1v) is 9.92. The fraction of sp³-hybridized carbons (Fsp3) is 0.250. The second-order valence-electron chi connectivity index (χ2n) is 7.80. The van der Waals surface area contributed by atoms with Crippen LogP contribution in [-0.4, -0.2) is 0 Å². The molecule has 0 heterocycles. The third kappa shape index (κ3) is 4.06. The lowest BCUT2D eigenvalue weighted by molar-refractivity contribution is -0.189. The van der Waals surface area contributed by atoms with Crippen LogP contribution >= 0.6 is 0 Å². The van der Waals surface area contributed by atoms with Gasteiger partial charge in [-0.25, -0.2) is 22.0 Å². The normalized spacial score (nSPS) is 15.7. The van der Waals surface area contributed by atoms with Gasteiger partial charge in [0.2, 0.25) is 0 Å². The van der Waals surface area contributed by atoms with E-state index in [4.69, 9.17) is 0 Å². The molecule has 32 heavy (non-hydrogen) atoms. The quantitative estimate of drug-likeness (QED) is 0.290. The maximum atomic E-state index is 14.6. The van der Waals surface area contributed by atoms with Gasteiger partial charge in [-0.3, -0.25) is 0 Å². The van der Waals surface area contributed by atoms with E-state index in [2.05, 4.69) is 11.7 Å². The minimum atomic E-state index is -4.62. The zero-order valence-electron chi connectivity index (χ0n) is 16.8. The molecule has 0 radical (unpaired) electrons. The van der Waals surface area contributed by atoms with E-state index in [0.717, 1.165) is 42.5 Å². The highest BCUT2D eigenvalue weighted by molar-refractivity contribution is 5.66. The second kappa shape index (κ2) is 8.15. The van der Waals surface area contributed by atoms with E-state index in [0.29, 0.717) is 11.5 Å². The Balaban J connectivity index is 1.66. The van der Waals surface area contributed by atoms with Gasteiger partial charge in [-0.2, -0.15) is 8.78 Å². The van der Waals surface area contributed by atoms with Crippen molar-refractivity contribution in [1.82, 2.24) is 0 Å². The molecule has 0 aromatic heterocycles. The molecule has 1 nitrogen and oxygen atoms in total. The molecule has 0 aliphatic heterocycles. The van der Waals surface area contributed by atoms with E-state index in [1.807, 2.05) is 6.07 Å². The Morgan fingerprint density at radius 2 is 1.38 bits per heavy atom. The lowest BCUT2D eigenvalue weighted by atomic mass is 9.98. The van der Waals surface area contributed by atoms with Crippen molar-refractivity contribution in [3.8, 4) is 16.9 Å². The molecule has 0 fully saturated rings. The third-order valence-electron chi connectivity index (χ3n) is 5.67. The molecule has 1 unspecified atom stereocenters. The van der Waals surface area contributed by atoms with Gasteiger partial charge in [-0.1, -0.05) is 31.5 Å². The summed E-state index contributed by atoms with van der Waals surface area (Å²) in [7, 11) is 0. The van der Waals surface area contributed by atoms with E-state index >= 15 is 0 Å². The van der Waals surface area contributed by atoms with Crippen molar-refractivity contribution in [2.75, 3.05) is 0 Å². The van der Waals surface area contributed by atoms with Gasteiger partial charge in [0.1, 0.15) is 22.9 Å². The van der Waals surface area contributed by atoms with E-state index in [9.17, 15) is 30.7 Å². The molecule has 0 saturated heterocycles. The van der Waals surface area contributed by atoms with Crippen LogP contribution in [0.4, 0.5) is 30.7 Å². The molecule has 8 heteroatoms. The summed E-state index contributed by atoms with van der Waals surface area (Å²) in [6.07, 6.45) is -1.87. The van der Waals surface area contributed by atoms with Gasteiger partial charge in [0.15, 0.2) is 17.5 Å². The number of alkyl halides is 2. The van der Waals surface area contributed by atoms with Gasteiger partial charge >= 0.3 is 6.11 Å². The molecule has 4 rings (SSSR count). The highest BCUT2D eigenvalue weighted by Gasteiger charge is 2.41. The summed E-state index contributed by atoms with van der Waals surface area (Å²) in [4.78, 5) is 0. The first-order chi connectivity index (χ1) is 15.1. The van der Waals surface area contributed by atoms with E-state index in [-0.39, 0.29) is 17.7 Å². The lowest BCUT2D eigenvalue weighted by Gasteiger charge is -2.20. The predicted octanol–water partition coefficient (Wildman–Crippen LogP) is 7.30. The molecule has 1 atom stereocenters. The summed E-state index contributed by atoms with van der Waals surface area (Å²) in [6, 6.07) is 7.13. The standard InChI is InChI=1S/C24H17F7O/c1-2-12-5-13-3-4-14(7-15(13)6-12)16-8-18(25)22(19(26)9-16)24(30,31)32-17-10-20(27)23(29)21(28)11-17/h3-4,7-12H,2,5-6H2,1H3. The molecular formula is C24H17F7O. The van der Waals surface area contributed by atoms with Gasteiger partial charge in [0.05, 0.1) is 0 Å². The highest BCUT2D eigenvalue weighted by atomic mass is 19.3. The van der Waals surface area contributed by atoms with Gasteiger partial charge in [0.25, 0.3) is 0 Å². The summed E-state index contributed by atoms with van der Waals surface area (Å²) in [5, 5.41) is 0. The SMILES string of the molecule is CCC1Cc2ccc(-c3cc(F)c(C(F)(F)Oc4cc(F)c(F)c(F)c4)c(F)c3)cc2C1. The summed E-state index contributed by atoms with van der Waals surface area (Å²) < 4.78 is 102. The zero-order chi connectivity index (χ0) is 23.2. The van der Waals surface area contributed by atoms with Crippen LogP contribution in [0.5, 0.6) is 5.75 Å². The highest BCUT2D eigenvalue weighted by Crippen LogP contribution is 2.38. The molecule has 1 aliphatic rings. The second-order valence-corrected chi connectivity index (χ2v) is 7.80. The Morgan fingerprint density at radius 1 is 0.781 bits per heavy atom. The molecule has 0 amide bonds. The number of halogens is 7. The van der Waals surface area contributed by atoms with Gasteiger partial charge < -0.3 is 4.74 Å². The predicted molar refractivity (Wildman–Crippen MR) is 104 cm³/mol. The van der Waals surface area contributed by atoms with Crippen molar-refractivity contribution in [2.45, 2.75) is 32.3 Å². The molecular weight excluding hydrogens is 437 g/mol. The fourth-order valence-electron chi connectivity index (χ4n) is 3.99. The average molecular weight is 454 g/mol. The molecule has 168 valence electrons. The number of rotatable bonds is 5. The average Bonchev–Trinajstić information content (AvgIpc) is 3.13. The molecule has 0 bridgehead atoms. The van der Waals surface area contributed by atoms with Crippen molar-refractivity contribution < 1.29 is 35.5 Å². The monoisotopic (exact) mass is 454 g/mol. The minimum absolute atomic E-state index is 0.0566. The van der Waals surface area contributed by atoms with Crippen molar-refractivity contribution in [3.05, 3.63) is 88.2 Å². The maximum Gasteiger partial charge on any atom is 0.432 e. The van der Waals surface area contributed by atoms with Crippen molar-refractivity contribution in [2.24, 2.45) is 5.92 Å². The van der Waals surface area contributed by atoms with E-state index in [1.165, 1.54) is 0 Å². The Morgan fingerprint density at radius 3 is 1.97 bits per heavy atom. The maximum absolute atomic E-state index is 14.6. The number of ether oxygens (including phenoxy) is 1. The van der Waals surface area contributed by atoms with Crippen molar-refractivity contribution >= 4 is 0 Å². The molecule has 0 saturated carbocycles. The van der Waals surface area contributed by atoms with Crippen LogP contribution in [0.15, 0.2) is 42.5 Å². The smallest absolute Gasteiger partial charge is 0.429 e. The Kier molecular flexibility index (Phi) is 5.65. The number of benzene rings is 3. The third-order valence-corrected chi connectivity index (χ3v) is 5.67. The van der Waals surface area contributed by atoms with Gasteiger partial charge in [-0.05, 0) is 53.1 Å². The van der Waals surface area contributed by atoms with Crippen LogP contribution in [0.25, 0.3) is 11.1 Å². The summed E-state index contributed by atoms with van der Waals surface area (Å²) in [5.41, 5.74) is 1.00. The largest absolute Gasteiger partial charge is 0.432 e. The summed E-state index contributed by atoms with van der Waals surface area (Å²) >= 11 is 0. The summed E-state index contributed by atoms with van der Waals surface area (Å²) in [6.45, 7) is 2.08. The van der Waals surface area contributed by atoms with Crippen molar-refractivity contribution in [1.29, 1.82) is 0 Å². The first-order valence-electron chi connectivity index (χ1n) is 9.92. The Hall–Kier alpha value is -3.03. The fourth-order valence-corrected chi connectivity index (χ4v) is 3.99. The molecule has 0 N–H and O–H groups in total. The number of hydrogen-bond donors (Lipinski definition) is 0. The van der Waals surface area contributed by atoms with E-state index < -0.39 is 46.5 Å². The van der Waals surface area contributed by atoms with E-state index in [1.54, 1.807) is 12.1 Å². The minimum Gasteiger partial charge on any atom is -0.429 e. The van der Waals surface area contributed by atoms with Crippen LogP contribution < -0.4 is 4.74 Å². The van der Waals surface area contributed by atoms with Crippen LogP contribution in [0.3, 0.4) is 0 Å². The van der Waals surface area contributed by atoms with Crippen LogP contribution in [0.1, 0.15) is 30.0 Å². The van der Waals surface area contributed by atoms with Gasteiger partial charge in [-0.15, -0.1) is 0 Å². The number of fused-ring (bicyclic) bond motifs is 1.